The van der Waals surface area contributed by atoms with Gasteiger partial charge < -0.3 is 10.6 Å². The van der Waals surface area contributed by atoms with E-state index in [1.54, 1.807) is 6.07 Å². The molecule has 2 aromatic heterocycles. The highest BCUT2D eigenvalue weighted by Crippen LogP contribution is 2.20. The number of pyridine rings is 1. The van der Waals surface area contributed by atoms with Gasteiger partial charge in [-0.15, -0.1) is 0 Å². The highest BCUT2D eigenvalue weighted by Gasteiger charge is 2.16. The lowest BCUT2D eigenvalue weighted by Gasteiger charge is -2.24. The summed E-state index contributed by atoms with van der Waals surface area (Å²) in [5.74, 6) is 0.620. The largest absolute Gasteiger partial charge is 0.351 e. The average Bonchev–Trinajstić information content (AvgIpc) is 2.58. The van der Waals surface area contributed by atoms with Crippen LogP contribution in [0.3, 0.4) is 0 Å². The highest BCUT2D eigenvalue weighted by molar-refractivity contribution is 5.75. The number of nitrogens with one attached hydrogen (secondary N) is 2. The summed E-state index contributed by atoms with van der Waals surface area (Å²) in [6.07, 6.45) is 5.77. The molecule has 124 valence electrons. The molecule has 0 unspecified atom stereocenters. The fourth-order valence-corrected chi connectivity index (χ4v) is 3.26. The van der Waals surface area contributed by atoms with Crippen LogP contribution in [0.15, 0.2) is 23.1 Å². The van der Waals surface area contributed by atoms with Crippen molar-refractivity contribution in [3.63, 3.8) is 0 Å². The van der Waals surface area contributed by atoms with Gasteiger partial charge in [-0.2, -0.15) is 4.98 Å². The van der Waals surface area contributed by atoms with Crippen LogP contribution in [0.4, 0.5) is 5.95 Å². The van der Waals surface area contributed by atoms with Crippen molar-refractivity contribution in [1.82, 2.24) is 19.9 Å². The van der Waals surface area contributed by atoms with Gasteiger partial charge in [-0.3, -0.25) is 9.36 Å². The monoisotopic (exact) mass is 315 g/mol. The molecule has 1 aliphatic heterocycles. The van der Waals surface area contributed by atoms with E-state index in [-0.39, 0.29) is 11.6 Å². The number of rotatable bonds is 5. The van der Waals surface area contributed by atoms with Crippen LogP contribution in [-0.2, 0) is 0 Å². The summed E-state index contributed by atoms with van der Waals surface area (Å²) in [7, 11) is 0. The molecule has 3 rings (SSSR count). The second-order valence-electron chi connectivity index (χ2n) is 6.15. The van der Waals surface area contributed by atoms with Crippen LogP contribution in [0.5, 0.6) is 0 Å². The van der Waals surface area contributed by atoms with Gasteiger partial charge >= 0.3 is 0 Å². The number of anilines is 1. The molecule has 1 fully saturated rings. The summed E-state index contributed by atoms with van der Waals surface area (Å²) in [6.45, 7) is 6.25. The van der Waals surface area contributed by atoms with Gasteiger partial charge in [0.25, 0.3) is 5.56 Å². The Labute approximate surface area is 136 Å². The molecular weight excluding hydrogens is 290 g/mol. The van der Waals surface area contributed by atoms with Gasteiger partial charge in [-0.05, 0) is 44.8 Å². The van der Waals surface area contributed by atoms with E-state index >= 15 is 0 Å². The predicted octanol–water partition coefficient (Wildman–Crippen LogP) is 2.32. The van der Waals surface area contributed by atoms with Crippen molar-refractivity contribution < 1.29 is 0 Å². The number of aromatic nitrogens is 3. The topological polar surface area (TPSA) is 71.8 Å². The minimum absolute atomic E-state index is 0.0118. The number of nitrogens with zero attached hydrogens (tertiary/aromatic N) is 3. The molecule has 1 aliphatic rings. The zero-order valence-electron chi connectivity index (χ0n) is 13.9. The van der Waals surface area contributed by atoms with E-state index in [1.165, 1.54) is 0 Å². The normalized spacial score (nSPS) is 16.1. The first-order valence-corrected chi connectivity index (χ1v) is 8.58. The predicted molar refractivity (Wildman–Crippen MR) is 92.9 cm³/mol. The van der Waals surface area contributed by atoms with Crippen molar-refractivity contribution in [3.05, 3.63) is 28.7 Å². The molecule has 3 heterocycles. The summed E-state index contributed by atoms with van der Waals surface area (Å²) < 4.78 is 1.82. The van der Waals surface area contributed by atoms with E-state index in [4.69, 9.17) is 0 Å². The molecule has 6 heteroatoms. The van der Waals surface area contributed by atoms with Gasteiger partial charge in [0.2, 0.25) is 5.95 Å². The zero-order chi connectivity index (χ0) is 16.2. The maximum atomic E-state index is 12.4. The molecule has 0 saturated carbocycles. The third-order valence-corrected chi connectivity index (χ3v) is 4.65. The van der Waals surface area contributed by atoms with E-state index in [9.17, 15) is 4.79 Å². The van der Waals surface area contributed by atoms with Crippen LogP contribution in [0.25, 0.3) is 11.0 Å². The Hall–Kier alpha value is -1.95. The quantitative estimate of drug-likeness (QED) is 0.886. The summed E-state index contributed by atoms with van der Waals surface area (Å²) in [6, 6.07) is 3.99. The molecule has 2 N–H and O–H groups in total. The van der Waals surface area contributed by atoms with Crippen LogP contribution < -0.4 is 16.2 Å². The third-order valence-electron chi connectivity index (χ3n) is 4.65. The highest BCUT2D eigenvalue weighted by atomic mass is 16.1. The molecule has 6 nitrogen and oxygen atoms in total. The summed E-state index contributed by atoms with van der Waals surface area (Å²) in [4.78, 5) is 21.5. The molecule has 2 aromatic rings. The first kappa shape index (κ1) is 15.9. The Morgan fingerprint density at radius 2 is 2.04 bits per heavy atom. The smallest absolute Gasteiger partial charge is 0.252 e. The van der Waals surface area contributed by atoms with Gasteiger partial charge in [0.05, 0.1) is 0 Å². The van der Waals surface area contributed by atoms with Gasteiger partial charge in [0.1, 0.15) is 5.65 Å². The Morgan fingerprint density at radius 1 is 1.30 bits per heavy atom. The van der Waals surface area contributed by atoms with Crippen molar-refractivity contribution >= 4 is 17.0 Å². The minimum Gasteiger partial charge on any atom is -0.351 e. The number of piperidine rings is 1. The fourth-order valence-electron chi connectivity index (χ4n) is 3.26. The Balaban J connectivity index is 1.99. The van der Waals surface area contributed by atoms with E-state index in [2.05, 4.69) is 34.4 Å². The Kier molecular flexibility index (Phi) is 4.91. The van der Waals surface area contributed by atoms with Crippen LogP contribution in [0.1, 0.15) is 45.6 Å². The Bertz CT molecular complexity index is 716. The lowest BCUT2D eigenvalue weighted by atomic mass is 10.1. The molecule has 0 bridgehead atoms. The molecule has 0 amide bonds. The maximum absolute atomic E-state index is 12.4. The standard InChI is InChI=1S/C17H25N5O/c1-3-14(4-2)22-15(23)6-5-12-11-19-17(21-16(12)22)20-13-7-9-18-10-8-13/h5-6,11,13-14,18H,3-4,7-10H2,1-2H3,(H,19,20,21). The molecule has 0 aliphatic carbocycles. The zero-order valence-corrected chi connectivity index (χ0v) is 13.9. The van der Waals surface area contributed by atoms with Crippen molar-refractivity contribution in [1.29, 1.82) is 0 Å². The number of fused-ring (bicyclic) bond motifs is 1. The molecule has 0 spiro atoms. The summed E-state index contributed by atoms with van der Waals surface area (Å²) >= 11 is 0. The van der Waals surface area contributed by atoms with E-state index in [0.717, 1.165) is 49.8 Å². The van der Waals surface area contributed by atoms with Crippen molar-refractivity contribution in [2.75, 3.05) is 18.4 Å². The first-order chi connectivity index (χ1) is 11.2. The van der Waals surface area contributed by atoms with Crippen LogP contribution in [0, 0.1) is 0 Å². The number of hydrogen-bond donors (Lipinski definition) is 2. The molecule has 23 heavy (non-hydrogen) atoms. The van der Waals surface area contributed by atoms with Crippen LogP contribution in [-0.4, -0.2) is 33.7 Å². The minimum atomic E-state index is 0.0118. The van der Waals surface area contributed by atoms with Crippen molar-refractivity contribution in [2.24, 2.45) is 0 Å². The number of hydrogen-bond acceptors (Lipinski definition) is 5. The van der Waals surface area contributed by atoms with Crippen LogP contribution in [0.2, 0.25) is 0 Å². The summed E-state index contributed by atoms with van der Waals surface area (Å²) in [5.41, 5.74) is 0.746. The Morgan fingerprint density at radius 3 is 2.74 bits per heavy atom. The van der Waals surface area contributed by atoms with E-state index in [0.29, 0.717) is 12.0 Å². The van der Waals surface area contributed by atoms with Gasteiger partial charge in [-0.25, -0.2) is 4.98 Å². The summed E-state index contributed by atoms with van der Waals surface area (Å²) in [5, 5.41) is 7.68. The molecule has 0 radical (unpaired) electrons. The molecular formula is C17H25N5O. The lowest BCUT2D eigenvalue weighted by molar-refractivity contribution is 0.468. The third kappa shape index (κ3) is 3.37. The van der Waals surface area contributed by atoms with Crippen molar-refractivity contribution in [3.8, 4) is 0 Å². The van der Waals surface area contributed by atoms with Crippen LogP contribution >= 0.6 is 0 Å². The van der Waals surface area contributed by atoms with Gasteiger partial charge in [-0.1, -0.05) is 13.8 Å². The first-order valence-electron chi connectivity index (χ1n) is 8.58. The SMILES string of the molecule is CCC(CC)n1c(=O)ccc2cnc(NC3CCNCC3)nc21. The van der Waals surface area contributed by atoms with Gasteiger partial charge in [0.15, 0.2) is 0 Å². The van der Waals surface area contributed by atoms with Gasteiger partial charge in [0, 0.05) is 29.7 Å². The van der Waals surface area contributed by atoms with E-state index < -0.39 is 0 Å². The second kappa shape index (κ2) is 7.08. The average molecular weight is 315 g/mol. The van der Waals surface area contributed by atoms with E-state index in [1.807, 2.05) is 16.8 Å². The lowest BCUT2D eigenvalue weighted by Crippen LogP contribution is -2.35. The maximum Gasteiger partial charge on any atom is 0.252 e. The molecule has 0 atom stereocenters. The molecule has 0 aromatic carbocycles. The fraction of sp³-hybridized carbons (Fsp3) is 0.588. The second-order valence-corrected chi connectivity index (χ2v) is 6.15. The molecule has 1 saturated heterocycles. The van der Waals surface area contributed by atoms with Crippen molar-refractivity contribution in [2.45, 2.75) is 51.6 Å².